The third-order valence-corrected chi connectivity index (χ3v) is 6.54. The Labute approximate surface area is 206 Å². The van der Waals surface area contributed by atoms with Gasteiger partial charge in [-0.15, -0.1) is 0 Å². The van der Waals surface area contributed by atoms with Crippen LogP contribution in [0, 0.1) is 0 Å². The molecule has 3 aromatic rings. The van der Waals surface area contributed by atoms with Gasteiger partial charge in [-0.1, -0.05) is 30.3 Å². The first-order valence-corrected chi connectivity index (χ1v) is 12.4. The molecule has 7 heteroatoms. The van der Waals surface area contributed by atoms with Crippen molar-refractivity contribution in [1.82, 2.24) is 19.8 Å². The first-order valence-electron chi connectivity index (χ1n) is 12.4. The second-order valence-electron chi connectivity index (χ2n) is 10.3. The van der Waals surface area contributed by atoms with Crippen LogP contribution in [0.15, 0.2) is 48.8 Å². The highest BCUT2D eigenvalue weighted by atomic mass is 16.6. The van der Waals surface area contributed by atoms with Crippen LogP contribution < -0.4 is 0 Å². The monoisotopic (exact) mass is 474 g/mol. The minimum Gasteiger partial charge on any atom is -0.444 e. The molecule has 1 N–H and O–H groups in total. The molecule has 2 aromatic heterocycles. The fourth-order valence-corrected chi connectivity index (χ4v) is 4.65. The van der Waals surface area contributed by atoms with Gasteiger partial charge in [0.25, 0.3) is 0 Å². The van der Waals surface area contributed by atoms with Crippen LogP contribution in [0.25, 0.3) is 27.7 Å². The summed E-state index contributed by atoms with van der Waals surface area (Å²) >= 11 is 0. The third kappa shape index (κ3) is 5.57. The van der Waals surface area contributed by atoms with Crippen molar-refractivity contribution in [3.05, 3.63) is 59.9 Å². The normalized spacial score (nSPS) is 17.5. The van der Waals surface area contributed by atoms with Crippen molar-refractivity contribution in [3.8, 4) is 11.1 Å². The van der Waals surface area contributed by atoms with Crippen molar-refractivity contribution in [3.63, 3.8) is 0 Å². The number of carbonyl (C=O) groups excluding carboxylic acids is 1. The lowest BCUT2D eigenvalue weighted by Crippen LogP contribution is -2.39. The second-order valence-corrected chi connectivity index (χ2v) is 10.3. The predicted octanol–water partition coefficient (Wildman–Crippen LogP) is 5.09. The van der Waals surface area contributed by atoms with Gasteiger partial charge in [-0.25, -0.2) is 9.78 Å². The van der Waals surface area contributed by atoms with Gasteiger partial charge in [-0.05, 0) is 50.0 Å². The molecule has 0 saturated carbocycles. The van der Waals surface area contributed by atoms with Gasteiger partial charge in [-0.2, -0.15) is 0 Å². The standard InChI is InChI=1S/C28H34N4O3/c1-28(2,3)35-27(33)32-10-8-22(9-11-32)25-18-30-26-24(25)16-23(17-29-26)21-6-4-20(5-7-21)19-31-12-14-34-15-13-31/h4-8,16-18H,9-15,19H2,1-3H3,(H,29,30). The van der Waals surface area contributed by atoms with Gasteiger partial charge in [0.2, 0.25) is 0 Å². The summed E-state index contributed by atoms with van der Waals surface area (Å²) in [6, 6.07) is 11.0. The minimum atomic E-state index is -0.485. The van der Waals surface area contributed by atoms with Crippen LogP contribution in [0.1, 0.15) is 38.3 Å². The fourth-order valence-electron chi connectivity index (χ4n) is 4.65. The van der Waals surface area contributed by atoms with Crippen molar-refractivity contribution in [2.75, 3.05) is 39.4 Å². The number of benzene rings is 1. The number of fused-ring (bicyclic) bond motifs is 1. The molecule has 2 aliphatic rings. The zero-order valence-corrected chi connectivity index (χ0v) is 20.8. The number of rotatable bonds is 4. The Morgan fingerprint density at radius 3 is 2.57 bits per heavy atom. The van der Waals surface area contributed by atoms with E-state index in [-0.39, 0.29) is 6.09 Å². The maximum absolute atomic E-state index is 12.4. The van der Waals surface area contributed by atoms with E-state index in [2.05, 4.69) is 51.3 Å². The van der Waals surface area contributed by atoms with E-state index in [4.69, 9.17) is 9.47 Å². The predicted molar refractivity (Wildman–Crippen MR) is 138 cm³/mol. The van der Waals surface area contributed by atoms with Crippen molar-refractivity contribution in [2.45, 2.75) is 39.3 Å². The van der Waals surface area contributed by atoms with E-state index in [0.717, 1.165) is 67.0 Å². The molecular weight excluding hydrogens is 440 g/mol. The molecule has 1 fully saturated rings. The first-order chi connectivity index (χ1) is 16.9. The molecule has 0 bridgehead atoms. The average Bonchev–Trinajstić information content (AvgIpc) is 3.27. The van der Waals surface area contributed by atoms with Gasteiger partial charge in [0.1, 0.15) is 11.2 Å². The molecule has 1 saturated heterocycles. The van der Waals surface area contributed by atoms with Crippen molar-refractivity contribution in [1.29, 1.82) is 0 Å². The van der Waals surface area contributed by atoms with Gasteiger partial charge < -0.3 is 19.4 Å². The highest BCUT2D eigenvalue weighted by Crippen LogP contribution is 2.32. The van der Waals surface area contributed by atoms with E-state index in [1.54, 1.807) is 4.90 Å². The lowest BCUT2D eigenvalue weighted by molar-refractivity contribution is 0.0270. The molecule has 0 aliphatic carbocycles. The molecule has 35 heavy (non-hydrogen) atoms. The highest BCUT2D eigenvalue weighted by Gasteiger charge is 2.24. The number of amides is 1. The molecule has 0 radical (unpaired) electrons. The quantitative estimate of drug-likeness (QED) is 0.571. The number of aromatic nitrogens is 2. The van der Waals surface area contributed by atoms with E-state index in [0.29, 0.717) is 13.1 Å². The van der Waals surface area contributed by atoms with Crippen molar-refractivity contribution >= 4 is 22.7 Å². The second kappa shape index (κ2) is 9.84. The molecule has 0 unspecified atom stereocenters. The van der Waals surface area contributed by atoms with E-state index >= 15 is 0 Å². The molecule has 7 nitrogen and oxygen atoms in total. The SMILES string of the molecule is CC(C)(C)OC(=O)N1CC=C(c2c[nH]c3ncc(-c4ccc(CN5CCOCC5)cc4)cc23)CC1. The molecule has 0 atom stereocenters. The number of morpholine rings is 1. The number of hydrogen-bond donors (Lipinski definition) is 1. The number of aromatic amines is 1. The van der Waals surface area contributed by atoms with Gasteiger partial charge >= 0.3 is 6.09 Å². The lowest BCUT2D eigenvalue weighted by Gasteiger charge is -2.29. The molecule has 0 spiro atoms. The molecule has 4 heterocycles. The Bertz CT molecular complexity index is 1220. The Morgan fingerprint density at radius 2 is 1.89 bits per heavy atom. The summed E-state index contributed by atoms with van der Waals surface area (Å²) < 4.78 is 11.0. The largest absolute Gasteiger partial charge is 0.444 e. The summed E-state index contributed by atoms with van der Waals surface area (Å²) in [6.07, 6.45) is 6.62. The summed E-state index contributed by atoms with van der Waals surface area (Å²) in [6.45, 7) is 11.4. The van der Waals surface area contributed by atoms with E-state index < -0.39 is 5.60 Å². The van der Waals surface area contributed by atoms with Crippen LogP contribution in [-0.2, 0) is 16.0 Å². The molecule has 184 valence electrons. The van der Waals surface area contributed by atoms with Gasteiger partial charge in [-0.3, -0.25) is 4.90 Å². The maximum atomic E-state index is 12.4. The van der Waals surface area contributed by atoms with E-state index in [1.165, 1.54) is 11.1 Å². The van der Waals surface area contributed by atoms with Gasteiger partial charge in [0, 0.05) is 61.6 Å². The summed E-state index contributed by atoms with van der Waals surface area (Å²) in [5.41, 5.74) is 6.35. The number of carbonyl (C=O) groups is 1. The molecule has 1 aromatic carbocycles. The van der Waals surface area contributed by atoms with Gasteiger partial charge in [0.15, 0.2) is 0 Å². The van der Waals surface area contributed by atoms with Crippen molar-refractivity contribution < 1.29 is 14.3 Å². The summed E-state index contributed by atoms with van der Waals surface area (Å²) in [5, 5.41) is 1.11. The zero-order chi connectivity index (χ0) is 24.4. The number of ether oxygens (including phenoxy) is 2. The van der Waals surface area contributed by atoms with Crippen LogP contribution in [0.4, 0.5) is 4.79 Å². The topological polar surface area (TPSA) is 70.7 Å². The fraction of sp³-hybridized carbons (Fsp3) is 0.429. The number of nitrogens with one attached hydrogen (secondary N) is 1. The molecular formula is C28H34N4O3. The maximum Gasteiger partial charge on any atom is 0.410 e. The Hall–Kier alpha value is -3.16. The average molecular weight is 475 g/mol. The first kappa shape index (κ1) is 23.6. The number of hydrogen-bond acceptors (Lipinski definition) is 5. The van der Waals surface area contributed by atoms with Crippen LogP contribution in [0.3, 0.4) is 0 Å². The Kier molecular flexibility index (Phi) is 6.62. The smallest absolute Gasteiger partial charge is 0.410 e. The Morgan fingerprint density at radius 1 is 1.11 bits per heavy atom. The number of H-pyrrole nitrogens is 1. The van der Waals surface area contributed by atoms with Gasteiger partial charge in [0.05, 0.1) is 13.2 Å². The number of nitrogens with zero attached hydrogens (tertiary/aromatic N) is 3. The van der Waals surface area contributed by atoms with Crippen LogP contribution >= 0.6 is 0 Å². The third-order valence-electron chi connectivity index (χ3n) is 6.54. The van der Waals surface area contributed by atoms with Crippen LogP contribution in [0.2, 0.25) is 0 Å². The summed E-state index contributed by atoms with van der Waals surface area (Å²) in [5.74, 6) is 0. The lowest BCUT2D eigenvalue weighted by atomic mass is 9.98. The minimum absolute atomic E-state index is 0.257. The molecule has 5 rings (SSSR count). The van der Waals surface area contributed by atoms with Crippen LogP contribution in [0.5, 0.6) is 0 Å². The summed E-state index contributed by atoms with van der Waals surface area (Å²) in [4.78, 5) is 24.6. The van der Waals surface area contributed by atoms with E-state index in [9.17, 15) is 4.79 Å². The summed E-state index contributed by atoms with van der Waals surface area (Å²) in [7, 11) is 0. The van der Waals surface area contributed by atoms with Crippen LogP contribution in [-0.4, -0.2) is 70.9 Å². The Balaban J connectivity index is 1.31. The van der Waals surface area contributed by atoms with E-state index in [1.807, 2.05) is 33.2 Å². The highest BCUT2D eigenvalue weighted by molar-refractivity contribution is 5.93. The molecule has 2 aliphatic heterocycles. The number of pyridine rings is 1. The zero-order valence-electron chi connectivity index (χ0n) is 20.8. The van der Waals surface area contributed by atoms with Crippen molar-refractivity contribution in [2.24, 2.45) is 0 Å². The molecule has 1 amide bonds.